The van der Waals surface area contributed by atoms with Crippen LogP contribution in [0, 0.1) is 0 Å². The molecule has 0 atom stereocenters. The molecule has 1 aromatic carbocycles. The highest BCUT2D eigenvalue weighted by atomic mass is 15.4. The molecule has 4 aromatic heterocycles. The van der Waals surface area contributed by atoms with Crippen LogP contribution < -0.4 is 5.73 Å². The summed E-state index contributed by atoms with van der Waals surface area (Å²) in [5, 5.41) is 10.8. The van der Waals surface area contributed by atoms with Gasteiger partial charge in [0.15, 0.2) is 0 Å². The summed E-state index contributed by atoms with van der Waals surface area (Å²) in [4.78, 5) is 8.96. The largest absolute Gasteiger partial charge is 0.326 e. The summed E-state index contributed by atoms with van der Waals surface area (Å²) < 4.78 is 3.78. The predicted molar refractivity (Wildman–Crippen MR) is 103 cm³/mol. The van der Waals surface area contributed by atoms with E-state index in [2.05, 4.69) is 26.3 Å². The van der Waals surface area contributed by atoms with E-state index in [0.29, 0.717) is 13.1 Å². The normalized spacial score (nSPS) is 11.4. The first-order chi connectivity index (χ1) is 13.3. The first kappa shape index (κ1) is 15.7. The minimum Gasteiger partial charge on any atom is -0.326 e. The van der Waals surface area contributed by atoms with Crippen LogP contribution in [0.25, 0.3) is 27.7 Å². The van der Waals surface area contributed by atoms with E-state index in [0.717, 1.165) is 38.9 Å². The summed E-state index contributed by atoms with van der Waals surface area (Å²) in [5.74, 6) is 0. The van der Waals surface area contributed by atoms with Crippen LogP contribution >= 0.6 is 0 Å². The summed E-state index contributed by atoms with van der Waals surface area (Å²) in [5.41, 5.74) is 10.4. The van der Waals surface area contributed by atoms with E-state index in [9.17, 15) is 0 Å². The maximum atomic E-state index is 5.71. The number of imidazole rings is 1. The lowest BCUT2D eigenvalue weighted by Crippen LogP contribution is -2.00. The Kier molecular flexibility index (Phi) is 3.65. The number of nitrogens with two attached hydrogens (primary N) is 1. The number of aromatic nitrogens is 6. The first-order valence-corrected chi connectivity index (χ1v) is 8.70. The van der Waals surface area contributed by atoms with Crippen molar-refractivity contribution in [1.82, 2.24) is 29.4 Å². The van der Waals surface area contributed by atoms with Gasteiger partial charge in [-0.25, -0.2) is 9.67 Å². The van der Waals surface area contributed by atoms with Crippen molar-refractivity contribution in [3.05, 3.63) is 78.6 Å². The molecule has 0 spiro atoms. The molecule has 0 amide bonds. The molecular formula is C20H17N7. The van der Waals surface area contributed by atoms with Crippen molar-refractivity contribution in [2.75, 3.05) is 0 Å². The molecule has 0 unspecified atom stereocenters. The Labute approximate surface area is 155 Å². The minimum absolute atomic E-state index is 0.509. The van der Waals surface area contributed by atoms with Gasteiger partial charge in [0.1, 0.15) is 11.3 Å². The Balaban J connectivity index is 1.47. The Hall–Kier alpha value is -3.58. The fourth-order valence-corrected chi connectivity index (χ4v) is 3.27. The number of benzene rings is 1. The molecule has 0 saturated carbocycles. The van der Waals surface area contributed by atoms with Gasteiger partial charge in [0, 0.05) is 42.3 Å². The number of pyridine rings is 2. The third-order valence-electron chi connectivity index (χ3n) is 4.60. The fourth-order valence-electron chi connectivity index (χ4n) is 3.27. The molecule has 0 aliphatic carbocycles. The number of hydrogen-bond donors (Lipinski definition) is 1. The van der Waals surface area contributed by atoms with Gasteiger partial charge in [0.2, 0.25) is 0 Å². The van der Waals surface area contributed by atoms with Crippen molar-refractivity contribution in [3.8, 4) is 11.3 Å². The van der Waals surface area contributed by atoms with Crippen molar-refractivity contribution in [3.63, 3.8) is 0 Å². The molecule has 0 aliphatic heterocycles. The lowest BCUT2D eigenvalue weighted by Gasteiger charge is -2.01. The standard InChI is InChI=1S/C20H17N7/c21-7-14-5-6-20-23-16(11-26(20)10-14)12-27-13-19(24-25-27)18-9-22-8-15-3-1-2-4-17(15)18/h1-6,8-11,13H,7,12,21H2. The van der Waals surface area contributed by atoms with Crippen LogP contribution in [0.1, 0.15) is 11.3 Å². The molecule has 0 aliphatic rings. The zero-order valence-corrected chi connectivity index (χ0v) is 14.5. The van der Waals surface area contributed by atoms with Gasteiger partial charge in [-0.3, -0.25) is 4.98 Å². The molecule has 0 bridgehead atoms. The summed E-state index contributed by atoms with van der Waals surface area (Å²) in [6.07, 6.45) is 9.61. The van der Waals surface area contributed by atoms with Crippen LogP contribution in [0.2, 0.25) is 0 Å². The fraction of sp³-hybridized carbons (Fsp3) is 0.100. The SMILES string of the molecule is NCc1ccc2nc(Cn3cc(-c4cncc5ccccc45)nn3)cn2c1. The van der Waals surface area contributed by atoms with Crippen molar-refractivity contribution in [2.24, 2.45) is 5.73 Å². The summed E-state index contributed by atoms with van der Waals surface area (Å²) in [6, 6.07) is 12.1. The highest BCUT2D eigenvalue weighted by Gasteiger charge is 2.10. The average molecular weight is 355 g/mol. The molecule has 7 heteroatoms. The van der Waals surface area contributed by atoms with E-state index in [1.807, 2.05) is 65.7 Å². The Bertz CT molecular complexity index is 1250. The number of nitrogens with zero attached hydrogens (tertiary/aromatic N) is 6. The van der Waals surface area contributed by atoms with Gasteiger partial charge in [-0.15, -0.1) is 5.10 Å². The van der Waals surface area contributed by atoms with Gasteiger partial charge >= 0.3 is 0 Å². The monoisotopic (exact) mass is 355 g/mol. The van der Waals surface area contributed by atoms with Crippen molar-refractivity contribution < 1.29 is 0 Å². The van der Waals surface area contributed by atoms with Crippen LogP contribution in [-0.4, -0.2) is 29.4 Å². The first-order valence-electron chi connectivity index (χ1n) is 8.70. The topological polar surface area (TPSA) is 86.9 Å². The van der Waals surface area contributed by atoms with Gasteiger partial charge in [-0.1, -0.05) is 35.5 Å². The van der Waals surface area contributed by atoms with E-state index < -0.39 is 0 Å². The smallest absolute Gasteiger partial charge is 0.137 e. The van der Waals surface area contributed by atoms with E-state index in [-0.39, 0.29) is 0 Å². The molecule has 0 radical (unpaired) electrons. The van der Waals surface area contributed by atoms with Gasteiger partial charge in [-0.2, -0.15) is 0 Å². The quantitative estimate of drug-likeness (QED) is 0.535. The number of fused-ring (bicyclic) bond motifs is 2. The third-order valence-corrected chi connectivity index (χ3v) is 4.60. The van der Waals surface area contributed by atoms with E-state index in [1.165, 1.54) is 0 Å². The van der Waals surface area contributed by atoms with Crippen LogP contribution in [0.4, 0.5) is 0 Å². The molecule has 132 valence electrons. The molecule has 0 saturated heterocycles. The molecule has 27 heavy (non-hydrogen) atoms. The number of hydrogen-bond acceptors (Lipinski definition) is 5. The molecule has 5 rings (SSSR count). The maximum absolute atomic E-state index is 5.71. The summed E-state index contributed by atoms with van der Waals surface area (Å²) in [7, 11) is 0. The zero-order chi connectivity index (χ0) is 18.2. The molecule has 2 N–H and O–H groups in total. The second-order valence-electron chi connectivity index (χ2n) is 6.45. The van der Waals surface area contributed by atoms with Crippen LogP contribution in [0.15, 0.2) is 67.4 Å². The van der Waals surface area contributed by atoms with Gasteiger partial charge in [-0.05, 0) is 17.0 Å². The Morgan fingerprint density at radius 1 is 0.963 bits per heavy atom. The van der Waals surface area contributed by atoms with Gasteiger partial charge in [0.25, 0.3) is 0 Å². The lowest BCUT2D eigenvalue weighted by molar-refractivity contribution is 0.641. The third kappa shape index (κ3) is 2.84. The van der Waals surface area contributed by atoms with Crippen LogP contribution in [-0.2, 0) is 13.1 Å². The second kappa shape index (κ2) is 6.30. The highest BCUT2D eigenvalue weighted by Crippen LogP contribution is 2.25. The predicted octanol–water partition coefficient (Wildman–Crippen LogP) is 2.65. The lowest BCUT2D eigenvalue weighted by atomic mass is 10.1. The van der Waals surface area contributed by atoms with Crippen molar-refractivity contribution in [2.45, 2.75) is 13.1 Å². The van der Waals surface area contributed by atoms with Crippen molar-refractivity contribution in [1.29, 1.82) is 0 Å². The highest BCUT2D eigenvalue weighted by molar-refractivity contribution is 5.94. The molecule has 5 aromatic rings. The number of rotatable bonds is 4. The van der Waals surface area contributed by atoms with E-state index in [4.69, 9.17) is 5.73 Å². The molecule has 7 nitrogen and oxygen atoms in total. The Morgan fingerprint density at radius 2 is 1.89 bits per heavy atom. The zero-order valence-electron chi connectivity index (χ0n) is 14.5. The molecule has 4 heterocycles. The van der Waals surface area contributed by atoms with Gasteiger partial charge in [0.05, 0.1) is 18.4 Å². The maximum Gasteiger partial charge on any atom is 0.137 e. The van der Waals surface area contributed by atoms with Crippen LogP contribution in [0.5, 0.6) is 0 Å². The Morgan fingerprint density at radius 3 is 2.81 bits per heavy atom. The van der Waals surface area contributed by atoms with E-state index >= 15 is 0 Å². The van der Waals surface area contributed by atoms with E-state index in [1.54, 1.807) is 4.68 Å². The molecule has 0 fully saturated rings. The minimum atomic E-state index is 0.509. The van der Waals surface area contributed by atoms with Gasteiger partial charge < -0.3 is 10.1 Å². The summed E-state index contributed by atoms with van der Waals surface area (Å²) >= 11 is 0. The summed E-state index contributed by atoms with van der Waals surface area (Å²) in [6.45, 7) is 1.06. The molecular weight excluding hydrogens is 338 g/mol. The van der Waals surface area contributed by atoms with Crippen molar-refractivity contribution >= 4 is 16.4 Å². The second-order valence-corrected chi connectivity index (χ2v) is 6.45. The van der Waals surface area contributed by atoms with Crippen LogP contribution in [0.3, 0.4) is 0 Å². The average Bonchev–Trinajstić information content (AvgIpc) is 3.33.